The molecule has 3 heterocycles. The molecule has 2 fully saturated rings. The smallest absolute Gasteiger partial charge is 0.317 e. The summed E-state index contributed by atoms with van der Waals surface area (Å²) >= 11 is 0. The monoisotopic (exact) mass is 411 g/mol. The average Bonchev–Trinajstić information content (AvgIpc) is 3.00. The van der Waals surface area contributed by atoms with Crippen LogP contribution in [0.1, 0.15) is 24.8 Å². The number of ether oxygens (including phenoxy) is 2. The molecule has 1 N–H and O–H groups in total. The number of hydrogen-bond acceptors (Lipinski definition) is 6. The Morgan fingerprint density at radius 2 is 2.07 bits per heavy atom. The van der Waals surface area contributed by atoms with Gasteiger partial charge >= 0.3 is 6.03 Å². The molecule has 2 aliphatic heterocycles. The molecule has 2 amide bonds. The third-order valence-electron chi connectivity index (χ3n) is 5.88. The number of morpholine rings is 1. The number of carbonyl (C=O) groups is 1. The quantitative estimate of drug-likeness (QED) is 0.833. The van der Waals surface area contributed by atoms with Gasteiger partial charge in [0, 0.05) is 38.8 Å². The largest absolute Gasteiger partial charge is 0.481 e. The predicted molar refractivity (Wildman–Crippen MR) is 114 cm³/mol. The first-order valence-corrected chi connectivity index (χ1v) is 10.5. The molecule has 1 aromatic heterocycles. The van der Waals surface area contributed by atoms with Gasteiger partial charge in [0.05, 0.1) is 19.3 Å². The van der Waals surface area contributed by atoms with Crippen molar-refractivity contribution < 1.29 is 14.3 Å². The van der Waals surface area contributed by atoms with Crippen molar-refractivity contribution in [3.8, 4) is 5.88 Å². The van der Waals surface area contributed by atoms with Gasteiger partial charge in [-0.15, -0.1) is 0 Å². The number of likely N-dealkylation sites (tertiary alicyclic amines) is 1. The number of amides is 2. The van der Waals surface area contributed by atoms with Gasteiger partial charge in [-0.05, 0) is 24.8 Å². The third-order valence-corrected chi connectivity index (χ3v) is 5.88. The molecule has 2 saturated heterocycles. The average molecular weight is 412 g/mol. The lowest BCUT2D eigenvalue weighted by atomic mass is 9.92. The number of methoxy groups -OCH3 is 1. The summed E-state index contributed by atoms with van der Waals surface area (Å²) in [5, 5.41) is 3.04. The summed E-state index contributed by atoms with van der Waals surface area (Å²) in [6.07, 6.45) is 4.18. The maximum atomic E-state index is 12.7. The second kappa shape index (κ2) is 9.30. The fourth-order valence-corrected chi connectivity index (χ4v) is 4.21. The van der Waals surface area contributed by atoms with E-state index < -0.39 is 0 Å². The molecule has 0 bridgehead atoms. The van der Waals surface area contributed by atoms with E-state index in [2.05, 4.69) is 20.2 Å². The van der Waals surface area contributed by atoms with Gasteiger partial charge < -0.3 is 24.6 Å². The maximum absolute atomic E-state index is 12.7. The maximum Gasteiger partial charge on any atom is 0.317 e. The van der Waals surface area contributed by atoms with Crippen LogP contribution in [-0.2, 0) is 11.3 Å². The van der Waals surface area contributed by atoms with E-state index in [9.17, 15) is 4.79 Å². The van der Waals surface area contributed by atoms with Gasteiger partial charge in [-0.1, -0.05) is 30.3 Å². The van der Waals surface area contributed by atoms with E-state index in [-0.39, 0.29) is 11.6 Å². The van der Waals surface area contributed by atoms with Crippen LogP contribution in [0.4, 0.5) is 10.6 Å². The lowest BCUT2D eigenvalue weighted by Crippen LogP contribution is -2.53. The molecular formula is C22H29N5O3. The predicted octanol–water partition coefficient (Wildman–Crippen LogP) is 2.46. The van der Waals surface area contributed by atoms with E-state index in [1.54, 1.807) is 7.11 Å². The second-order valence-electron chi connectivity index (χ2n) is 7.86. The molecule has 1 spiro atoms. The van der Waals surface area contributed by atoms with Crippen molar-refractivity contribution in [1.82, 2.24) is 20.2 Å². The van der Waals surface area contributed by atoms with Crippen molar-refractivity contribution in [3.05, 3.63) is 48.3 Å². The summed E-state index contributed by atoms with van der Waals surface area (Å²) < 4.78 is 11.5. The van der Waals surface area contributed by atoms with Gasteiger partial charge in [0.15, 0.2) is 0 Å². The van der Waals surface area contributed by atoms with Crippen molar-refractivity contribution in [2.75, 3.05) is 44.8 Å². The van der Waals surface area contributed by atoms with Crippen LogP contribution in [0.15, 0.2) is 42.7 Å². The van der Waals surface area contributed by atoms with E-state index in [1.165, 1.54) is 6.33 Å². The van der Waals surface area contributed by atoms with Crippen molar-refractivity contribution in [1.29, 1.82) is 0 Å². The normalized spacial score (nSPS) is 21.9. The Kier molecular flexibility index (Phi) is 6.32. The van der Waals surface area contributed by atoms with Crippen molar-refractivity contribution in [2.45, 2.75) is 31.4 Å². The Morgan fingerprint density at radius 1 is 1.20 bits per heavy atom. The zero-order chi connectivity index (χ0) is 20.8. The second-order valence-corrected chi connectivity index (χ2v) is 7.86. The first kappa shape index (κ1) is 20.4. The van der Waals surface area contributed by atoms with Crippen molar-refractivity contribution in [2.24, 2.45) is 0 Å². The molecule has 0 radical (unpaired) electrons. The van der Waals surface area contributed by atoms with Crippen molar-refractivity contribution in [3.63, 3.8) is 0 Å². The van der Waals surface area contributed by atoms with E-state index in [1.807, 2.05) is 41.3 Å². The first-order valence-electron chi connectivity index (χ1n) is 10.5. The minimum atomic E-state index is -0.259. The molecule has 4 rings (SSSR count). The molecule has 30 heavy (non-hydrogen) atoms. The molecule has 0 saturated carbocycles. The van der Waals surface area contributed by atoms with Crippen molar-refractivity contribution >= 4 is 11.8 Å². The number of hydrogen-bond donors (Lipinski definition) is 1. The molecule has 8 nitrogen and oxygen atoms in total. The molecule has 0 unspecified atom stereocenters. The Labute approximate surface area is 177 Å². The third kappa shape index (κ3) is 4.81. The molecule has 2 aliphatic rings. The molecule has 8 heteroatoms. The molecule has 0 aliphatic carbocycles. The summed E-state index contributed by atoms with van der Waals surface area (Å²) in [5.41, 5.74) is 0.842. The standard InChI is InChI=1S/C22H29N5O3/c1-29-20-14-19(24-17-25-20)27-12-13-30-22(16-27)8-5-10-26(11-9-22)21(28)23-15-18-6-3-2-4-7-18/h2-4,6-7,14,17H,5,8-13,15-16H2,1H3,(H,23,28)/t22-/m1/s1. The summed E-state index contributed by atoms with van der Waals surface area (Å²) in [7, 11) is 1.61. The van der Waals surface area contributed by atoms with Crippen LogP contribution in [-0.4, -0.2) is 66.4 Å². The van der Waals surface area contributed by atoms with Gasteiger partial charge in [0.1, 0.15) is 12.1 Å². The topological polar surface area (TPSA) is 79.8 Å². The number of rotatable bonds is 4. The fraction of sp³-hybridized carbons (Fsp3) is 0.500. The highest BCUT2D eigenvalue weighted by Gasteiger charge is 2.39. The van der Waals surface area contributed by atoms with Gasteiger partial charge in [0.2, 0.25) is 5.88 Å². The van der Waals surface area contributed by atoms with Gasteiger partial charge in [-0.3, -0.25) is 0 Å². The zero-order valence-corrected chi connectivity index (χ0v) is 17.4. The number of aromatic nitrogens is 2. The Hall–Kier alpha value is -2.87. The number of carbonyl (C=O) groups excluding carboxylic acids is 1. The minimum Gasteiger partial charge on any atom is -0.481 e. The summed E-state index contributed by atoms with van der Waals surface area (Å²) in [6, 6.07) is 11.8. The summed E-state index contributed by atoms with van der Waals surface area (Å²) in [5.74, 6) is 1.41. The van der Waals surface area contributed by atoms with Gasteiger partial charge in [0.25, 0.3) is 0 Å². The number of benzene rings is 1. The SMILES string of the molecule is COc1cc(N2CCO[C@@]3(CCCN(C(=O)NCc4ccccc4)CC3)C2)ncn1. The Balaban J connectivity index is 1.36. The number of anilines is 1. The minimum absolute atomic E-state index is 0.0101. The zero-order valence-electron chi connectivity index (χ0n) is 17.4. The molecule has 160 valence electrons. The molecule has 1 atom stereocenters. The summed E-state index contributed by atoms with van der Waals surface area (Å²) in [4.78, 5) is 25.3. The fourth-order valence-electron chi connectivity index (χ4n) is 4.21. The lowest BCUT2D eigenvalue weighted by Gasteiger charge is -2.43. The van der Waals surface area contributed by atoms with E-state index >= 15 is 0 Å². The van der Waals surface area contributed by atoms with Crippen LogP contribution < -0.4 is 15.0 Å². The molecule has 2 aromatic rings. The highest BCUT2D eigenvalue weighted by molar-refractivity contribution is 5.74. The van der Waals surface area contributed by atoms with Crippen LogP contribution in [0.2, 0.25) is 0 Å². The molecule has 1 aromatic carbocycles. The Morgan fingerprint density at radius 3 is 2.90 bits per heavy atom. The number of urea groups is 1. The highest BCUT2D eigenvalue weighted by atomic mass is 16.5. The highest BCUT2D eigenvalue weighted by Crippen LogP contribution is 2.32. The molecular weight excluding hydrogens is 382 g/mol. The first-order chi connectivity index (χ1) is 14.7. The number of nitrogens with zero attached hydrogens (tertiary/aromatic N) is 4. The number of nitrogens with one attached hydrogen (secondary N) is 1. The Bertz CT molecular complexity index is 850. The van der Waals surface area contributed by atoms with Gasteiger partial charge in [-0.2, -0.15) is 0 Å². The summed E-state index contributed by atoms with van der Waals surface area (Å²) in [6.45, 7) is 4.15. The van der Waals surface area contributed by atoms with E-state index in [4.69, 9.17) is 9.47 Å². The van der Waals surface area contributed by atoms with Gasteiger partial charge in [-0.25, -0.2) is 14.8 Å². The van der Waals surface area contributed by atoms with Crippen LogP contribution in [0.5, 0.6) is 5.88 Å². The van der Waals surface area contributed by atoms with E-state index in [0.29, 0.717) is 25.6 Å². The van der Waals surface area contributed by atoms with Crippen LogP contribution in [0.25, 0.3) is 0 Å². The van der Waals surface area contributed by atoms with Crippen LogP contribution in [0.3, 0.4) is 0 Å². The van der Waals surface area contributed by atoms with Crippen LogP contribution >= 0.6 is 0 Å². The lowest BCUT2D eigenvalue weighted by molar-refractivity contribution is -0.0642. The van der Waals surface area contributed by atoms with Crippen LogP contribution in [0, 0.1) is 0 Å². The van der Waals surface area contributed by atoms with E-state index in [0.717, 1.165) is 50.3 Å².